The number of benzene rings is 2. The molecule has 0 atom stereocenters. The second-order valence-corrected chi connectivity index (χ2v) is 7.18. The highest BCUT2D eigenvalue weighted by Gasteiger charge is 2.24. The molecule has 7 nitrogen and oxygen atoms in total. The van der Waals surface area contributed by atoms with Crippen LogP contribution in [-0.2, 0) is 11.4 Å². The number of nitrogens with zero attached hydrogens (tertiary/aromatic N) is 2. The second kappa shape index (κ2) is 8.87. The third-order valence-electron chi connectivity index (χ3n) is 4.84. The number of ketones is 1. The molecular weight excluding hydrogens is 372 g/mol. The predicted molar refractivity (Wildman–Crippen MR) is 110 cm³/mol. The van der Waals surface area contributed by atoms with Gasteiger partial charge in [0.25, 0.3) is 0 Å². The topological polar surface area (TPSA) is 81.9 Å². The number of carbonyl (C=O) groups is 1. The number of ether oxygens (including phenoxy) is 2. The van der Waals surface area contributed by atoms with E-state index in [1.165, 1.54) is 13.2 Å². The molecule has 0 amide bonds. The lowest BCUT2D eigenvalue weighted by Crippen LogP contribution is -2.32. The van der Waals surface area contributed by atoms with Gasteiger partial charge in [-0.1, -0.05) is 29.8 Å². The first-order chi connectivity index (χ1) is 13.9. The van der Waals surface area contributed by atoms with Gasteiger partial charge in [0.15, 0.2) is 11.5 Å². The molecule has 0 radical (unpaired) electrons. The normalized spacial score (nSPS) is 16.1. The van der Waals surface area contributed by atoms with Crippen LogP contribution in [0.5, 0.6) is 11.5 Å². The summed E-state index contributed by atoms with van der Waals surface area (Å²) in [6.45, 7) is 3.40. The number of Topliss-reactive ketones (excluding diaryl/α,β-unsaturated/α-hetero) is 1. The van der Waals surface area contributed by atoms with Gasteiger partial charge in [-0.3, -0.25) is 14.9 Å². The van der Waals surface area contributed by atoms with Gasteiger partial charge in [-0.2, -0.15) is 0 Å². The minimum Gasteiger partial charge on any atom is -0.493 e. The van der Waals surface area contributed by atoms with E-state index in [2.05, 4.69) is 0 Å². The Labute approximate surface area is 169 Å². The Bertz CT molecular complexity index is 950. The monoisotopic (exact) mass is 396 g/mol. The van der Waals surface area contributed by atoms with E-state index < -0.39 is 4.92 Å². The summed E-state index contributed by atoms with van der Waals surface area (Å²) in [5, 5.41) is 11.7. The Balaban J connectivity index is 1.93. The van der Waals surface area contributed by atoms with Gasteiger partial charge in [0, 0.05) is 31.1 Å². The highest BCUT2D eigenvalue weighted by molar-refractivity contribution is 6.00. The molecule has 0 bridgehead atoms. The van der Waals surface area contributed by atoms with Crippen LogP contribution in [0, 0.1) is 17.0 Å². The molecule has 29 heavy (non-hydrogen) atoms. The van der Waals surface area contributed by atoms with Gasteiger partial charge in [0.05, 0.1) is 12.0 Å². The molecule has 152 valence electrons. The number of nitro groups is 1. The molecule has 3 rings (SSSR count). The molecule has 1 saturated heterocycles. The fraction of sp³-hybridized carbons (Fsp3) is 0.318. The summed E-state index contributed by atoms with van der Waals surface area (Å²) in [5.41, 5.74) is 2.99. The SMILES string of the molecule is COc1cc(/C=C2\CN(C)CCC2=O)cc([N+](=O)[O-])c1OCc1ccc(C)cc1. The number of rotatable bonds is 6. The lowest BCUT2D eigenvalue weighted by atomic mass is 10.0. The van der Waals surface area contributed by atoms with E-state index in [9.17, 15) is 14.9 Å². The molecule has 0 aliphatic carbocycles. The van der Waals surface area contributed by atoms with E-state index >= 15 is 0 Å². The molecule has 2 aromatic carbocycles. The summed E-state index contributed by atoms with van der Waals surface area (Å²) in [5.74, 6) is 0.395. The lowest BCUT2D eigenvalue weighted by molar-refractivity contribution is -0.386. The van der Waals surface area contributed by atoms with Crippen molar-refractivity contribution in [3.63, 3.8) is 0 Å². The Morgan fingerprint density at radius 1 is 1.24 bits per heavy atom. The number of likely N-dealkylation sites (N-methyl/N-ethyl adjacent to an activating group) is 1. The van der Waals surface area contributed by atoms with Crippen molar-refractivity contribution in [3.8, 4) is 11.5 Å². The average molecular weight is 396 g/mol. The van der Waals surface area contributed by atoms with Gasteiger partial charge in [-0.25, -0.2) is 0 Å². The van der Waals surface area contributed by atoms with Crippen LogP contribution in [0.1, 0.15) is 23.1 Å². The zero-order valence-electron chi connectivity index (χ0n) is 16.8. The van der Waals surface area contributed by atoms with Crippen LogP contribution in [0.3, 0.4) is 0 Å². The van der Waals surface area contributed by atoms with E-state index in [-0.39, 0.29) is 29.6 Å². The number of piperidine rings is 1. The van der Waals surface area contributed by atoms with Gasteiger partial charge in [-0.15, -0.1) is 0 Å². The average Bonchev–Trinajstić information content (AvgIpc) is 2.70. The number of carbonyl (C=O) groups excluding carboxylic acids is 1. The van der Waals surface area contributed by atoms with Crippen molar-refractivity contribution in [1.82, 2.24) is 4.90 Å². The van der Waals surface area contributed by atoms with Crippen LogP contribution < -0.4 is 9.47 Å². The Hall–Kier alpha value is -3.19. The van der Waals surface area contributed by atoms with Gasteiger partial charge in [0.1, 0.15) is 6.61 Å². The smallest absolute Gasteiger partial charge is 0.315 e. The molecule has 0 aromatic heterocycles. The Morgan fingerprint density at radius 3 is 2.62 bits per heavy atom. The summed E-state index contributed by atoms with van der Waals surface area (Å²) < 4.78 is 11.1. The quantitative estimate of drug-likeness (QED) is 0.420. The summed E-state index contributed by atoms with van der Waals surface area (Å²) in [7, 11) is 3.37. The van der Waals surface area contributed by atoms with Crippen molar-refractivity contribution in [2.24, 2.45) is 0 Å². The number of hydrogen-bond acceptors (Lipinski definition) is 6. The fourth-order valence-electron chi connectivity index (χ4n) is 3.20. The maximum atomic E-state index is 12.2. The van der Waals surface area contributed by atoms with Crippen molar-refractivity contribution in [2.45, 2.75) is 20.0 Å². The number of aryl methyl sites for hydroxylation is 1. The Morgan fingerprint density at radius 2 is 1.97 bits per heavy atom. The molecule has 1 heterocycles. The first-order valence-corrected chi connectivity index (χ1v) is 9.34. The minimum atomic E-state index is -0.496. The molecule has 0 spiro atoms. The van der Waals surface area contributed by atoms with Crippen LogP contribution >= 0.6 is 0 Å². The number of likely N-dealkylation sites (tertiary alicyclic amines) is 1. The number of methoxy groups -OCH3 is 1. The van der Waals surface area contributed by atoms with E-state index in [1.54, 1.807) is 12.1 Å². The first-order valence-electron chi connectivity index (χ1n) is 9.34. The fourth-order valence-corrected chi connectivity index (χ4v) is 3.20. The molecular formula is C22H24N2O5. The standard InChI is InChI=1S/C22H24N2O5/c1-15-4-6-16(7-5-15)14-29-22-19(24(26)27)11-17(12-21(22)28-3)10-18-13-23(2)9-8-20(18)25/h4-7,10-12H,8-9,13-14H2,1-3H3/b18-10+. The summed E-state index contributed by atoms with van der Waals surface area (Å²) in [6.07, 6.45) is 2.14. The van der Waals surface area contributed by atoms with E-state index in [4.69, 9.17) is 9.47 Å². The first kappa shape index (κ1) is 20.5. The zero-order valence-corrected chi connectivity index (χ0v) is 16.8. The largest absolute Gasteiger partial charge is 0.493 e. The minimum absolute atomic E-state index is 0.0596. The summed E-state index contributed by atoms with van der Waals surface area (Å²) in [6, 6.07) is 10.8. The summed E-state index contributed by atoms with van der Waals surface area (Å²) >= 11 is 0. The van der Waals surface area contributed by atoms with Gasteiger partial charge < -0.3 is 14.4 Å². The maximum absolute atomic E-state index is 12.2. The number of hydrogen-bond donors (Lipinski definition) is 0. The predicted octanol–water partition coefficient (Wildman–Crippen LogP) is 3.78. The van der Waals surface area contributed by atoms with Crippen LogP contribution in [0.25, 0.3) is 6.08 Å². The van der Waals surface area contributed by atoms with Crippen LogP contribution in [-0.4, -0.2) is 42.9 Å². The zero-order chi connectivity index (χ0) is 21.0. The van der Waals surface area contributed by atoms with Gasteiger partial charge >= 0.3 is 5.69 Å². The van der Waals surface area contributed by atoms with Gasteiger partial charge in [0.2, 0.25) is 5.75 Å². The van der Waals surface area contributed by atoms with E-state index in [0.717, 1.165) is 11.1 Å². The van der Waals surface area contributed by atoms with E-state index in [0.29, 0.717) is 30.6 Å². The van der Waals surface area contributed by atoms with Crippen LogP contribution in [0.2, 0.25) is 0 Å². The molecule has 0 saturated carbocycles. The van der Waals surface area contributed by atoms with Crippen molar-refractivity contribution in [1.29, 1.82) is 0 Å². The molecule has 1 aliphatic heterocycles. The molecule has 2 aromatic rings. The Kier molecular flexibility index (Phi) is 6.29. The van der Waals surface area contributed by atoms with Crippen LogP contribution in [0.15, 0.2) is 42.0 Å². The molecule has 1 fully saturated rings. The van der Waals surface area contributed by atoms with E-state index in [1.807, 2.05) is 43.1 Å². The molecule has 1 aliphatic rings. The third kappa shape index (κ3) is 5.00. The molecule has 0 unspecified atom stereocenters. The lowest BCUT2D eigenvalue weighted by Gasteiger charge is -2.23. The van der Waals surface area contributed by atoms with Crippen LogP contribution in [0.4, 0.5) is 5.69 Å². The van der Waals surface area contributed by atoms with Gasteiger partial charge in [-0.05, 0) is 37.2 Å². The second-order valence-electron chi connectivity index (χ2n) is 7.18. The highest BCUT2D eigenvalue weighted by atomic mass is 16.6. The highest BCUT2D eigenvalue weighted by Crippen LogP contribution is 2.39. The number of nitro benzene ring substituents is 1. The maximum Gasteiger partial charge on any atom is 0.315 e. The van der Waals surface area contributed by atoms with Crippen molar-refractivity contribution < 1.29 is 19.2 Å². The van der Waals surface area contributed by atoms with Crippen molar-refractivity contribution in [2.75, 3.05) is 27.2 Å². The third-order valence-corrected chi connectivity index (χ3v) is 4.84. The van der Waals surface area contributed by atoms with Crippen molar-refractivity contribution >= 4 is 17.5 Å². The molecule has 0 N–H and O–H groups in total. The van der Waals surface area contributed by atoms with Crippen molar-refractivity contribution in [3.05, 3.63) is 68.8 Å². The summed E-state index contributed by atoms with van der Waals surface area (Å²) in [4.78, 5) is 25.4. The molecule has 7 heteroatoms.